The predicted molar refractivity (Wildman–Crippen MR) is 215 cm³/mol. The standard InChI is InChI=1S/C48H31N3/c1-3-13-32(14-4-1)33-23-25-35(26-24-33)50-44-21-11-7-17-37(44)40-28-29-41-38-18-8-12-22-45(38)51(48(41)47(40)50)36-27-30-46-42(31-36)39-19-9-10-20-43(39)49(46)34-15-5-2-6-16-34/h1-31H. The van der Waals surface area contributed by atoms with Crippen LogP contribution in [0.25, 0.3) is 93.6 Å². The minimum absolute atomic E-state index is 1.14. The molecule has 0 unspecified atom stereocenters. The molecule has 8 aromatic carbocycles. The average Bonchev–Trinajstić information content (AvgIpc) is 3.84. The number of benzene rings is 8. The zero-order valence-corrected chi connectivity index (χ0v) is 27.7. The summed E-state index contributed by atoms with van der Waals surface area (Å²) in [4.78, 5) is 0. The van der Waals surface area contributed by atoms with Crippen molar-refractivity contribution in [1.29, 1.82) is 0 Å². The number of aromatic nitrogens is 3. The maximum Gasteiger partial charge on any atom is 0.0788 e. The van der Waals surface area contributed by atoms with Crippen molar-refractivity contribution in [2.24, 2.45) is 0 Å². The maximum absolute atomic E-state index is 2.49. The molecule has 0 saturated carbocycles. The summed E-state index contributed by atoms with van der Waals surface area (Å²) < 4.78 is 7.35. The highest BCUT2D eigenvalue weighted by atomic mass is 15.0. The fourth-order valence-electron chi connectivity index (χ4n) is 8.43. The average molecular weight is 650 g/mol. The van der Waals surface area contributed by atoms with Gasteiger partial charge in [-0.1, -0.05) is 127 Å². The molecule has 0 aliphatic heterocycles. The Labute approximate surface area is 294 Å². The second-order valence-electron chi connectivity index (χ2n) is 13.4. The van der Waals surface area contributed by atoms with Crippen LogP contribution in [0.5, 0.6) is 0 Å². The van der Waals surface area contributed by atoms with Crippen molar-refractivity contribution >= 4 is 65.4 Å². The molecular weight excluding hydrogens is 619 g/mol. The van der Waals surface area contributed by atoms with Crippen molar-refractivity contribution in [1.82, 2.24) is 13.7 Å². The highest BCUT2D eigenvalue weighted by Gasteiger charge is 2.22. The molecular formula is C48H31N3. The Morgan fingerprint density at radius 3 is 1.25 bits per heavy atom. The van der Waals surface area contributed by atoms with Crippen LogP contribution in [0.2, 0.25) is 0 Å². The number of fused-ring (bicyclic) bond motifs is 10. The molecule has 0 radical (unpaired) electrons. The Hall–Kier alpha value is -6.84. The Morgan fingerprint density at radius 2 is 0.647 bits per heavy atom. The topological polar surface area (TPSA) is 14.8 Å². The molecule has 11 aromatic rings. The van der Waals surface area contributed by atoms with E-state index in [1.165, 1.54) is 76.5 Å². The van der Waals surface area contributed by atoms with Crippen LogP contribution in [-0.4, -0.2) is 13.7 Å². The molecule has 3 nitrogen and oxygen atoms in total. The summed E-state index contributed by atoms with van der Waals surface area (Å²) in [6.07, 6.45) is 0. The number of hydrogen-bond acceptors (Lipinski definition) is 0. The molecule has 0 N–H and O–H groups in total. The van der Waals surface area contributed by atoms with Crippen LogP contribution in [0.4, 0.5) is 0 Å². The van der Waals surface area contributed by atoms with Gasteiger partial charge in [-0.2, -0.15) is 0 Å². The maximum atomic E-state index is 2.49. The molecule has 0 spiro atoms. The van der Waals surface area contributed by atoms with E-state index in [1.807, 2.05) is 0 Å². The van der Waals surface area contributed by atoms with Gasteiger partial charge in [-0.05, 0) is 71.8 Å². The Morgan fingerprint density at radius 1 is 0.235 bits per heavy atom. The molecule has 51 heavy (non-hydrogen) atoms. The third kappa shape index (κ3) is 4.06. The molecule has 0 aliphatic carbocycles. The molecule has 238 valence electrons. The van der Waals surface area contributed by atoms with Crippen molar-refractivity contribution in [2.75, 3.05) is 0 Å². The summed E-state index contributed by atoms with van der Waals surface area (Å²) >= 11 is 0. The summed E-state index contributed by atoms with van der Waals surface area (Å²) in [7, 11) is 0. The van der Waals surface area contributed by atoms with Gasteiger partial charge in [-0.3, -0.25) is 0 Å². The van der Waals surface area contributed by atoms with Gasteiger partial charge in [0.15, 0.2) is 0 Å². The molecule has 11 rings (SSSR count). The summed E-state index contributed by atoms with van der Waals surface area (Å²) in [5.74, 6) is 0. The third-order valence-electron chi connectivity index (χ3n) is 10.6. The molecule has 0 bridgehead atoms. The second kappa shape index (κ2) is 10.8. The van der Waals surface area contributed by atoms with E-state index in [4.69, 9.17) is 0 Å². The first-order valence-corrected chi connectivity index (χ1v) is 17.5. The smallest absolute Gasteiger partial charge is 0.0788 e. The molecule has 0 saturated heterocycles. The zero-order chi connectivity index (χ0) is 33.5. The molecule has 3 aromatic heterocycles. The Bertz CT molecular complexity index is 3110. The lowest BCUT2D eigenvalue weighted by atomic mass is 10.1. The monoisotopic (exact) mass is 649 g/mol. The van der Waals surface area contributed by atoms with Crippen LogP contribution in [-0.2, 0) is 0 Å². The number of rotatable bonds is 4. The predicted octanol–water partition coefficient (Wildman–Crippen LogP) is 12.6. The van der Waals surface area contributed by atoms with Gasteiger partial charge in [0.25, 0.3) is 0 Å². The van der Waals surface area contributed by atoms with E-state index in [0.29, 0.717) is 0 Å². The molecule has 3 heteroatoms. The van der Waals surface area contributed by atoms with Crippen molar-refractivity contribution < 1.29 is 0 Å². The van der Waals surface area contributed by atoms with Crippen LogP contribution in [0.1, 0.15) is 0 Å². The number of hydrogen-bond donors (Lipinski definition) is 0. The lowest BCUT2D eigenvalue weighted by Gasteiger charge is -2.14. The van der Waals surface area contributed by atoms with Crippen LogP contribution in [0.3, 0.4) is 0 Å². The molecule has 0 aliphatic rings. The highest BCUT2D eigenvalue weighted by molar-refractivity contribution is 6.24. The van der Waals surface area contributed by atoms with Crippen molar-refractivity contribution in [3.8, 4) is 28.2 Å². The van der Waals surface area contributed by atoms with E-state index in [9.17, 15) is 0 Å². The van der Waals surface area contributed by atoms with Gasteiger partial charge in [0.2, 0.25) is 0 Å². The van der Waals surface area contributed by atoms with E-state index in [0.717, 1.165) is 17.1 Å². The first kappa shape index (κ1) is 28.0. The summed E-state index contributed by atoms with van der Waals surface area (Å²) in [5, 5.41) is 7.47. The zero-order valence-electron chi connectivity index (χ0n) is 27.7. The van der Waals surface area contributed by atoms with E-state index < -0.39 is 0 Å². The summed E-state index contributed by atoms with van der Waals surface area (Å²) in [6, 6.07) is 68.4. The lowest BCUT2D eigenvalue weighted by Crippen LogP contribution is -1.99. The first-order valence-electron chi connectivity index (χ1n) is 17.5. The fourth-order valence-corrected chi connectivity index (χ4v) is 8.43. The van der Waals surface area contributed by atoms with Crippen molar-refractivity contribution in [2.45, 2.75) is 0 Å². The Balaban J connectivity index is 1.24. The van der Waals surface area contributed by atoms with Gasteiger partial charge < -0.3 is 13.7 Å². The van der Waals surface area contributed by atoms with E-state index in [1.54, 1.807) is 0 Å². The minimum atomic E-state index is 1.14. The van der Waals surface area contributed by atoms with Crippen LogP contribution < -0.4 is 0 Å². The Kier molecular flexibility index (Phi) is 5.96. The first-order chi connectivity index (χ1) is 25.3. The van der Waals surface area contributed by atoms with E-state index >= 15 is 0 Å². The van der Waals surface area contributed by atoms with E-state index in [2.05, 4.69) is 202 Å². The SMILES string of the molecule is c1ccc(-c2ccc(-n3c4ccccc4c4ccc5c6ccccc6n(-c6ccc7c(c6)c6ccccc6n7-c6ccccc6)c5c43)cc2)cc1. The quantitative estimate of drug-likeness (QED) is 0.180. The van der Waals surface area contributed by atoms with Gasteiger partial charge in [-0.15, -0.1) is 0 Å². The molecule has 0 atom stereocenters. The lowest BCUT2D eigenvalue weighted by molar-refractivity contribution is 1.15. The second-order valence-corrected chi connectivity index (χ2v) is 13.4. The van der Waals surface area contributed by atoms with Gasteiger partial charge in [0, 0.05) is 49.4 Å². The largest absolute Gasteiger partial charge is 0.309 e. The van der Waals surface area contributed by atoms with Crippen LogP contribution in [0, 0.1) is 0 Å². The van der Waals surface area contributed by atoms with E-state index in [-0.39, 0.29) is 0 Å². The van der Waals surface area contributed by atoms with Gasteiger partial charge in [0.1, 0.15) is 0 Å². The van der Waals surface area contributed by atoms with Crippen LogP contribution >= 0.6 is 0 Å². The van der Waals surface area contributed by atoms with Gasteiger partial charge >= 0.3 is 0 Å². The fraction of sp³-hybridized carbons (Fsp3) is 0. The molecule has 0 fully saturated rings. The molecule has 3 heterocycles. The third-order valence-corrected chi connectivity index (χ3v) is 10.6. The normalized spacial score (nSPS) is 11.9. The van der Waals surface area contributed by atoms with Crippen molar-refractivity contribution in [3.63, 3.8) is 0 Å². The molecule has 0 amide bonds. The van der Waals surface area contributed by atoms with Gasteiger partial charge in [-0.25, -0.2) is 0 Å². The number of para-hydroxylation sites is 4. The minimum Gasteiger partial charge on any atom is -0.309 e. The van der Waals surface area contributed by atoms with Crippen LogP contribution in [0.15, 0.2) is 188 Å². The number of nitrogens with zero attached hydrogens (tertiary/aromatic N) is 3. The summed E-state index contributed by atoms with van der Waals surface area (Å²) in [6.45, 7) is 0. The summed E-state index contributed by atoms with van der Waals surface area (Å²) in [5.41, 5.74) is 13.1. The van der Waals surface area contributed by atoms with Crippen molar-refractivity contribution in [3.05, 3.63) is 188 Å². The van der Waals surface area contributed by atoms with Gasteiger partial charge in [0.05, 0.1) is 33.1 Å². The highest BCUT2D eigenvalue weighted by Crippen LogP contribution is 2.43.